The molecule has 0 aliphatic heterocycles. The van der Waals surface area contributed by atoms with Crippen LogP contribution in [0.2, 0.25) is 5.02 Å². The van der Waals surface area contributed by atoms with Crippen LogP contribution in [0.4, 0.5) is 5.82 Å². The van der Waals surface area contributed by atoms with Gasteiger partial charge >= 0.3 is 0 Å². The third-order valence-electron chi connectivity index (χ3n) is 3.70. The summed E-state index contributed by atoms with van der Waals surface area (Å²) in [6.07, 6.45) is 0. The van der Waals surface area contributed by atoms with Gasteiger partial charge in [-0.15, -0.1) is 0 Å². The van der Waals surface area contributed by atoms with Crippen LogP contribution in [0.15, 0.2) is 57.9 Å². The van der Waals surface area contributed by atoms with Gasteiger partial charge in [0, 0.05) is 16.4 Å². The first kappa shape index (κ1) is 18.1. The van der Waals surface area contributed by atoms with E-state index in [4.69, 9.17) is 11.6 Å². The Morgan fingerprint density at radius 2 is 1.92 bits per heavy atom. The van der Waals surface area contributed by atoms with Crippen LogP contribution in [0, 0.1) is 0 Å². The van der Waals surface area contributed by atoms with Crippen molar-refractivity contribution in [1.29, 1.82) is 0 Å². The predicted octanol–water partition coefficient (Wildman–Crippen LogP) is 4.17. The van der Waals surface area contributed by atoms with Crippen LogP contribution in [0.25, 0.3) is 10.9 Å². The lowest BCUT2D eigenvalue weighted by molar-refractivity contribution is 0.587. The molecule has 3 rings (SSSR count). The smallest absolute Gasteiger partial charge is 0.240 e. The highest BCUT2D eigenvalue weighted by Gasteiger charge is 2.15. The lowest BCUT2D eigenvalue weighted by atomic mass is 10.2. The van der Waals surface area contributed by atoms with Crippen LogP contribution in [-0.4, -0.2) is 20.4 Å². The van der Waals surface area contributed by atoms with Gasteiger partial charge in [-0.05, 0) is 42.9 Å². The third-order valence-corrected chi connectivity index (χ3v) is 5.96. The molecule has 130 valence electrons. The second kappa shape index (κ2) is 7.29. The summed E-state index contributed by atoms with van der Waals surface area (Å²) in [6, 6.07) is 14.3. The molecular formula is C17H15BrClN3O2S. The number of rotatable bonds is 5. The molecule has 0 saturated heterocycles. The number of nitrogens with one attached hydrogen (secondary N) is 2. The number of benzene rings is 2. The van der Waals surface area contributed by atoms with Crippen molar-refractivity contribution in [1.82, 2.24) is 9.71 Å². The van der Waals surface area contributed by atoms with Crippen LogP contribution in [0.1, 0.15) is 5.56 Å². The van der Waals surface area contributed by atoms with Gasteiger partial charge in [0.05, 0.1) is 15.4 Å². The van der Waals surface area contributed by atoms with Gasteiger partial charge in [0.1, 0.15) is 5.82 Å². The van der Waals surface area contributed by atoms with Crippen molar-refractivity contribution >= 4 is 54.3 Å². The second-order valence-electron chi connectivity index (χ2n) is 5.32. The highest BCUT2D eigenvalue weighted by molar-refractivity contribution is 9.10. The van der Waals surface area contributed by atoms with Gasteiger partial charge < -0.3 is 5.32 Å². The zero-order valence-electron chi connectivity index (χ0n) is 13.3. The maximum absolute atomic E-state index is 12.1. The Bertz CT molecular complexity index is 1040. The molecule has 3 aromatic rings. The second-order valence-corrected chi connectivity index (χ2v) is 8.50. The Balaban J connectivity index is 1.89. The molecular weight excluding hydrogens is 426 g/mol. The number of fused-ring (bicyclic) bond motifs is 1. The van der Waals surface area contributed by atoms with E-state index in [9.17, 15) is 8.42 Å². The molecule has 0 amide bonds. The first-order valence-electron chi connectivity index (χ1n) is 7.42. The summed E-state index contributed by atoms with van der Waals surface area (Å²) in [4.78, 5) is 4.76. The highest BCUT2D eigenvalue weighted by Crippen LogP contribution is 2.28. The standard InChI is InChI=1S/C17H15BrClN3O2S/c1-20-25(23,24)15-5-3-2-4-12(15)10-21-16-7-6-11-8-13(18)9-14(19)17(11)22-16/h2-9,20H,10H2,1H3,(H,21,22). The molecule has 0 spiro atoms. The van der Waals surface area contributed by atoms with Crippen LogP contribution in [0.5, 0.6) is 0 Å². The van der Waals surface area contributed by atoms with Crippen molar-refractivity contribution in [2.75, 3.05) is 12.4 Å². The molecule has 0 unspecified atom stereocenters. The number of sulfonamides is 1. The van der Waals surface area contributed by atoms with Crippen LogP contribution < -0.4 is 10.0 Å². The van der Waals surface area contributed by atoms with Crippen LogP contribution >= 0.6 is 27.5 Å². The van der Waals surface area contributed by atoms with Gasteiger partial charge in [0.2, 0.25) is 10.0 Å². The van der Waals surface area contributed by atoms with Crippen molar-refractivity contribution in [3.63, 3.8) is 0 Å². The monoisotopic (exact) mass is 439 g/mol. The summed E-state index contributed by atoms with van der Waals surface area (Å²) in [5.41, 5.74) is 1.34. The molecule has 0 atom stereocenters. The van der Waals surface area contributed by atoms with E-state index >= 15 is 0 Å². The summed E-state index contributed by atoms with van der Waals surface area (Å²) >= 11 is 9.65. The van der Waals surface area contributed by atoms with E-state index < -0.39 is 10.0 Å². The fraction of sp³-hybridized carbons (Fsp3) is 0.118. The number of anilines is 1. The van der Waals surface area contributed by atoms with Crippen LogP contribution in [-0.2, 0) is 16.6 Å². The molecule has 2 N–H and O–H groups in total. The fourth-order valence-corrected chi connectivity index (χ4v) is 4.30. The molecule has 0 saturated carbocycles. The van der Waals surface area contributed by atoms with Crippen molar-refractivity contribution in [2.24, 2.45) is 0 Å². The van der Waals surface area contributed by atoms with Gasteiger partial charge in [0.15, 0.2) is 0 Å². The first-order chi connectivity index (χ1) is 11.9. The normalized spacial score (nSPS) is 11.6. The number of nitrogens with zero attached hydrogens (tertiary/aromatic N) is 1. The quantitative estimate of drug-likeness (QED) is 0.624. The number of pyridine rings is 1. The van der Waals surface area contributed by atoms with Gasteiger partial charge in [-0.2, -0.15) is 0 Å². The molecule has 0 fully saturated rings. The SMILES string of the molecule is CNS(=O)(=O)c1ccccc1CNc1ccc2cc(Br)cc(Cl)c2n1. The molecule has 0 bridgehead atoms. The van der Waals surface area contributed by atoms with E-state index in [2.05, 4.69) is 31.0 Å². The minimum atomic E-state index is -3.52. The zero-order chi connectivity index (χ0) is 18.0. The van der Waals surface area contributed by atoms with E-state index in [1.807, 2.05) is 18.2 Å². The molecule has 2 aromatic carbocycles. The minimum Gasteiger partial charge on any atom is -0.366 e. The van der Waals surface area contributed by atoms with E-state index in [1.54, 1.807) is 30.3 Å². The maximum atomic E-state index is 12.1. The Labute approximate surface area is 159 Å². The van der Waals surface area contributed by atoms with Crippen molar-refractivity contribution in [2.45, 2.75) is 11.4 Å². The maximum Gasteiger partial charge on any atom is 0.240 e. The van der Waals surface area contributed by atoms with Gasteiger partial charge in [-0.25, -0.2) is 18.1 Å². The lowest BCUT2D eigenvalue weighted by Gasteiger charge is -2.12. The molecule has 0 aliphatic carbocycles. The van der Waals surface area contributed by atoms with Crippen LogP contribution in [0.3, 0.4) is 0 Å². The molecule has 0 radical (unpaired) electrons. The Kier molecular flexibility index (Phi) is 5.29. The summed E-state index contributed by atoms with van der Waals surface area (Å²) < 4.78 is 27.4. The zero-order valence-corrected chi connectivity index (χ0v) is 16.4. The molecule has 1 heterocycles. The van der Waals surface area contributed by atoms with E-state index in [0.29, 0.717) is 28.5 Å². The average molecular weight is 441 g/mol. The summed E-state index contributed by atoms with van der Waals surface area (Å²) in [5, 5.41) is 4.62. The largest absolute Gasteiger partial charge is 0.366 e. The first-order valence-corrected chi connectivity index (χ1v) is 10.1. The molecule has 5 nitrogen and oxygen atoms in total. The molecule has 1 aromatic heterocycles. The molecule has 25 heavy (non-hydrogen) atoms. The molecule has 0 aliphatic rings. The Morgan fingerprint density at radius 1 is 1.16 bits per heavy atom. The third kappa shape index (κ3) is 3.95. The highest BCUT2D eigenvalue weighted by atomic mass is 79.9. The van der Waals surface area contributed by atoms with E-state index in [-0.39, 0.29) is 4.90 Å². The minimum absolute atomic E-state index is 0.243. The summed E-state index contributed by atoms with van der Waals surface area (Å²) in [5.74, 6) is 0.619. The predicted molar refractivity (Wildman–Crippen MR) is 104 cm³/mol. The number of halogens is 2. The Hall–Kier alpha value is -1.67. The topological polar surface area (TPSA) is 71.1 Å². The fourth-order valence-electron chi connectivity index (χ4n) is 2.46. The lowest BCUT2D eigenvalue weighted by Crippen LogP contribution is -2.20. The van der Waals surface area contributed by atoms with E-state index in [1.165, 1.54) is 7.05 Å². The summed E-state index contributed by atoms with van der Waals surface area (Å²) in [6.45, 7) is 0.323. The van der Waals surface area contributed by atoms with Crippen molar-refractivity contribution in [3.8, 4) is 0 Å². The average Bonchev–Trinajstić information content (AvgIpc) is 2.60. The van der Waals surface area contributed by atoms with Crippen molar-refractivity contribution < 1.29 is 8.42 Å². The van der Waals surface area contributed by atoms with E-state index in [0.717, 1.165) is 9.86 Å². The summed E-state index contributed by atoms with van der Waals surface area (Å²) in [7, 11) is -2.12. The van der Waals surface area contributed by atoms with Crippen molar-refractivity contribution in [3.05, 3.63) is 63.6 Å². The number of hydrogen-bond donors (Lipinski definition) is 2. The van der Waals surface area contributed by atoms with Gasteiger partial charge in [-0.3, -0.25) is 0 Å². The Morgan fingerprint density at radius 3 is 2.68 bits per heavy atom. The number of hydrogen-bond acceptors (Lipinski definition) is 4. The molecule has 8 heteroatoms. The number of aromatic nitrogens is 1. The van der Waals surface area contributed by atoms with Gasteiger partial charge in [-0.1, -0.05) is 45.7 Å². The van der Waals surface area contributed by atoms with Gasteiger partial charge in [0.25, 0.3) is 0 Å².